The summed E-state index contributed by atoms with van der Waals surface area (Å²) in [6.45, 7) is 7.82. The number of carbonyl (C=O) groups is 2. The maximum Gasteiger partial charge on any atom is 0.407 e. The molecule has 246 valence electrons. The Morgan fingerprint density at radius 2 is 1.23 bits per heavy atom. The Morgan fingerprint density at radius 1 is 0.682 bits per heavy atom. The van der Waals surface area contributed by atoms with Crippen LogP contribution in [0, 0.1) is 0 Å². The summed E-state index contributed by atoms with van der Waals surface area (Å²) in [5.41, 5.74) is 1.80. The second-order valence-corrected chi connectivity index (χ2v) is 12.3. The van der Waals surface area contributed by atoms with Crippen LogP contribution < -0.4 is 9.88 Å². The monoisotopic (exact) mass is 609 g/mol. The standard InChI is InChI=1S/C38H60N2O4/c1-3-4-5-6-7-8-9-10-11-12-13-14-15-16-17-22-29-39-38(42)44-33-34(2)32-43-37(41)28-19-18-23-30-40-31-24-26-35-25-20-21-27-36(35)40/h20-21,24-27,31H,2-19,22-23,28-30,32-33H2,1H3/p+1. The Labute approximate surface area is 268 Å². The first-order valence-corrected chi connectivity index (χ1v) is 17.7. The SMILES string of the molecule is C=C(COC(=O)CCCCC[n+]1cccc2ccccc21)COC(=O)NCCCCCCCCCCCCCCCCCC. The average molecular weight is 610 g/mol. The van der Waals surface area contributed by atoms with E-state index < -0.39 is 6.09 Å². The summed E-state index contributed by atoms with van der Waals surface area (Å²) >= 11 is 0. The summed E-state index contributed by atoms with van der Waals surface area (Å²) in [7, 11) is 0. The number of amides is 1. The third-order valence-corrected chi connectivity index (χ3v) is 8.21. The summed E-state index contributed by atoms with van der Waals surface area (Å²) in [6.07, 6.45) is 26.1. The molecule has 1 aromatic carbocycles. The lowest BCUT2D eigenvalue weighted by Gasteiger charge is -2.10. The molecule has 1 heterocycles. The highest BCUT2D eigenvalue weighted by atomic mass is 16.6. The number of para-hydroxylation sites is 1. The number of alkyl carbamates (subject to hydrolysis) is 1. The molecule has 44 heavy (non-hydrogen) atoms. The molecule has 0 spiro atoms. The van der Waals surface area contributed by atoms with E-state index >= 15 is 0 Å². The number of esters is 1. The van der Waals surface area contributed by atoms with Crippen molar-refractivity contribution in [2.45, 2.75) is 142 Å². The van der Waals surface area contributed by atoms with Crippen LogP contribution in [0.4, 0.5) is 4.79 Å². The van der Waals surface area contributed by atoms with Gasteiger partial charge in [0.1, 0.15) is 19.8 Å². The molecule has 0 aliphatic heterocycles. The number of nitrogens with one attached hydrogen (secondary N) is 1. The average Bonchev–Trinajstić information content (AvgIpc) is 3.04. The molecule has 0 bridgehead atoms. The second-order valence-electron chi connectivity index (χ2n) is 12.3. The van der Waals surface area contributed by atoms with E-state index in [2.05, 4.69) is 66.0 Å². The lowest BCUT2D eigenvalue weighted by Crippen LogP contribution is -2.33. The topological polar surface area (TPSA) is 68.5 Å². The van der Waals surface area contributed by atoms with E-state index in [0.29, 0.717) is 18.5 Å². The molecule has 2 rings (SSSR count). The molecule has 0 atom stereocenters. The fraction of sp³-hybridized carbons (Fsp3) is 0.658. The third kappa shape index (κ3) is 18.7. The lowest BCUT2D eigenvalue weighted by atomic mass is 10.0. The van der Waals surface area contributed by atoms with E-state index in [1.165, 1.54) is 101 Å². The van der Waals surface area contributed by atoms with Crippen LogP contribution in [-0.4, -0.2) is 31.8 Å². The largest absolute Gasteiger partial charge is 0.461 e. The highest BCUT2D eigenvalue weighted by Gasteiger charge is 2.09. The number of hydrogen-bond acceptors (Lipinski definition) is 4. The van der Waals surface area contributed by atoms with Gasteiger partial charge in [-0.2, -0.15) is 4.57 Å². The van der Waals surface area contributed by atoms with Crippen molar-refractivity contribution in [1.82, 2.24) is 5.32 Å². The van der Waals surface area contributed by atoms with Gasteiger partial charge in [-0.05, 0) is 37.0 Å². The summed E-state index contributed by atoms with van der Waals surface area (Å²) in [5.74, 6) is -0.239. The predicted octanol–water partition coefficient (Wildman–Crippen LogP) is 9.77. The van der Waals surface area contributed by atoms with E-state index in [1.807, 2.05) is 0 Å². The highest BCUT2D eigenvalue weighted by molar-refractivity contribution is 5.74. The Hall–Kier alpha value is -2.89. The van der Waals surface area contributed by atoms with Gasteiger partial charge in [-0.25, -0.2) is 4.79 Å². The van der Waals surface area contributed by atoms with Crippen molar-refractivity contribution >= 4 is 23.0 Å². The minimum Gasteiger partial charge on any atom is -0.461 e. The smallest absolute Gasteiger partial charge is 0.407 e. The molecule has 1 aromatic heterocycles. The molecule has 0 aliphatic carbocycles. The van der Waals surface area contributed by atoms with Crippen molar-refractivity contribution in [3.8, 4) is 0 Å². The van der Waals surface area contributed by atoms with E-state index in [4.69, 9.17) is 9.47 Å². The van der Waals surface area contributed by atoms with E-state index in [9.17, 15) is 9.59 Å². The van der Waals surface area contributed by atoms with Gasteiger partial charge in [-0.15, -0.1) is 0 Å². The minimum absolute atomic E-state index is 0.0559. The van der Waals surface area contributed by atoms with Crippen LogP contribution in [0.5, 0.6) is 0 Å². The highest BCUT2D eigenvalue weighted by Crippen LogP contribution is 2.14. The maximum absolute atomic E-state index is 12.1. The van der Waals surface area contributed by atoms with Gasteiger partial charge in [0.15, 0.2) is 6.20 Å². The molecule has 1 N–H and O–H groups in total. The van der Waals surface area contributed by atoms with Crippen molar-refractivity contribution in [2.75, 3.05) is 19.8 Å². The zero-order chi connectivity index (χ0) is 31.5. The number of carbonyl (C=O) groups excluding carboxylic acids is 2. The molecule has 6 heteroatoms. The minimum atomic E-state index is -0.442. The molecule has 2 aromatic rings. The molecule has 0 unspecified atom stereocenters. The number of hydrogen-bond donors (Lipinski definition) is 1. The summed E-state index contributed by atoms with van der Waals surface area (Å²) in [4.78, 5) is 24.0. The molecule has 0 aliphatic rings. The second kappa shape index (κ2) is 25.4. The molecule has 6 nitrogen and oxygen atoms in total. The molecule has 1 amide bonds. The summed E-state index contributed by atoms with van der Waals surface area (Å²) in [5, 5.41) is 4.03. The van der Waals surface area contributed by atoms with Crippen LogP contribution in [0.25, 0.3) is 10.9 Å². The molecule has 0 saturated heterocycles. The molecular formula is C38H61N2O4+. The van der Waals surface area contributed by atoms with Crippen LogP contribution in [-0.2, 0) is 20.8 Å². The summed E-state index contributed by atoms with van der Waals surface area (Å²) < 4.78 is 12.8. The Kier molecular flexibility index (Phi) is 21.6. The first-order valence-electron chi connectivity index (χ1n) is 17.7. The third-order valence-electron chi connectivity index (χ3n) is 8.21. The van der Waals surface area contributed by atoms with E-state index in [-0.39, 0.29) is 19.2 Å². The number of rotatable bonds is 27. The Bertz CT molecular complexity index is 1050. The number of aryl methyl sites for hydroxylation is 1. The molecule has 0 radical (unpaired) electrons. The molecular weight excluding hydrogens is 548 g/mol. The normalized spacial score (nSPS) is 11.0. The van der Waals surface area contributed by atoms with E-state index in [1.54, 1.807) is 0 Å². The summed E-state index contributed by atoms with van der Waals surface area (Å²) in [6, 6.07) is 12.6. The van der Waals surface area contributed by atoms with Gasteiger partial charge in [-0.1, -0.05) is 122 Å². The fourth-order valence-electron chi connectivity index (χ4n) is 5.52. The van der Waals surface area contributed by atoms with Crippen LogP contribution in [0.1, 0.15) is 135 Å². The van der Waals surface area contributed by atoms with Crippen molar-refractivity contribution < 1.29 is 23.6 Å². The van der Waals surface area contributed by atoms with Gasteiger partial charge in [-0.3, -0.25) is 4.79 Å². The quantitative estimate of drug-likeness (QED) is 0.0474. The fourth-order valence-corrected chi connectivity index (χ4v) is 5.52. The molecule has 0 saturated carbocycles. The van der Waals surface area contributed by atoms with Gasteiger partial charge in [0, 0.05) is 36.9 Å². The number of fused-ring (bicyclic) bond motifs is 1. The number of unbranched alkanes of at least 4 members (excludes halogenated alkanes) is 17. The first kappa shape index (κ1) is 37.3. The van der Waals surface area contributed by atoms with Gasteiger partial charge >= 0.3 is 12.1 Å². The maximum atomic E-state index is 12.1. The van der Waals surface area contributed by atoms with Crippen LogP contribution in [0.3, 0.4) is 0 Å². The zero-order valence-corrected chi connectivity index (χ0v) is 27.8. The van der Waals surface area contributed by atoms with Crippen LogP contribution >= 0.6 is 0 Å². The predicted molar refractivity (Wildman–Crippen MR) is 182 cm³/mol. The zero-order valence-electron chi connectivity index (χ0n) is 27.8. The molecule has 0 fully saturated rings. The van der Waals surface area contributed by atoms with Crippen LogP contribution in [0.15, 0.2) is 54.7 Å². The number of pyridine rings is 1. The van der Waals surface area contributed by atoms with Gasteiger partial charge in [0.2, 0.25) is 5.52 Å². The number of aromatic nitrogens is 1. The number of nitrogens with zero attached hydrogens (tertiary/aromatic N) is 1. The van der Waals surface area contributed by atoms with Gasteiger partial charge in [0.25, 0.3) is 0 Å². The van der Waals surface area contributed by atoms with E-state index in [0.717, 1.165) is 38.6 Å². The van der Waals surface area contributed by atoms with Crippen molar-refractivity contribution in [2.24, 2.45) is 0 Å². The van der Waals surface area contributed by atoms with Crippen molar-refractivity contribution in [3.05, 3.63) is 54.7 Å². The number of benzene rings is 1. The lowest BCUT2D eigenvalue weighted by molar-refractivity contribution is -0.671. The van der Waals surface area contributed by atoms with Crippen molar-refractivity contribution in [3.63, 3.8) is 0 Å². The van der Waals surface area contributed by atoms with Gasteiger partial charge in [0.05, 0.1) is 0 Å². The number of ether oxygens (including phenoxy) is 2. The van der Waals surface area contributed by atoms with Crippen molar-refractivity contribution in [1.29, 1.82) is 0 Å². The first-order chi connectivity index (χ1) is 21.6. The Balaban J connectivity index is 1.33. The van der Waals surface area contributed by atoms with Gasteiger partial charge < -0.3 is 14.8 Å². The van der Waals surface area contributed by atoms with Crippen LogP contribution in [0.2, 0.25) is 0 Å². The Morgan fingerprint density at radius 3 is 1.89 bits per heavy atom.